The number of fused-ring (bicyclic) bond motifs is 2. The zero-order valence-corrected chi connectivity index (χ0v) is 20.4. The van der Waals surface area contributed by atoms with Crippen molar-refractivity contribution in [2.45, 2.75) is 39.3 Å². The number of hydrogen-bond donors (Lipinski definition) is 3. The van der Waals surface area contributed by atoms with Gasteiger partial charge in [0, 0.05) is 60.2 Å². The lowest BCUT2D eigenvalue weighted by Crippen LogP contribution is -2.43. The summed E-state index contributed by atoms with van der Waals surface area (Å²) in [5.74, 6) is 0.654. The Kier molecular flexibility index (Phi) is 5.83. The van der Waals surface area contributed by atoms with Crippen molar-refractivity contribution in [3.05, 3.63) is 59.9 Å². The topological polar surface area (TPSA) is 122 Å². The summed E-state index contributed by atoms with van der Waals surface area (Å²) < 4.78 is 16.6. The van der Waals surface area contributed by atoms with Crippen LogP contribution in [0.4, 0.5) is 21.7 Å². The molecule has 4 heterocycles. The summed E-state index contributed by atoms with van der Waals surface area (Å²) in [7, 11) is 0. The Morgan fingerprint density at radius 3 is 2.69 bits per heavy atom. The van der Waals surface area contributed by atoms with Crippen LogP contribution in [-0.2, 0) is 17.8 Å². The van der Waals surface area contributed by atoms with Gasteiger partial charge in [-0.3, -0.25) is 14.5 Å². The number of carbonyl (C=O) groups excluding carboxylic acids is 1. The molecule has 0 unspecified atom stereocenters. The van der Waals surface area contributed by atoms with E-state index in [0.717, 1.165) is 16.6 Å². The van der Waals surface area contributed by atoms with E-state index in [4.69, 9.17) is 5.73 Å². The molecule has 0 atom stereocenters. The number of nitrogens with two attached hydrogens (primary N) is 1. The molecule has 0 saturated heterocycles. The van der Waals surface area contributed by atoms with Crippen LogP contribution in [0.5, 0.6) is 0 Å². The van der Waals surface area contributed by atoms with Gasteiger partial charge in [-0.1, -0.05) is 0 Å². The molecule has 4 aromatic rings. The monoisotopic (exact) mass is 489 g/mol. The van der Waals surface area contributed by atoms with E-state index in [1.54, 1.807) is 48.1 Å². The fourth-order valence-electron chi connectivity index (χ4n) is 4.48. The molecular formula is C26H28FN7O2. The molecule has 5 rings (SSSR count). The zero-order valence-electron chi connectivity index (χ0n) is 20.4. The minimum Gasteiger partial charge on any atom is -0.397 e. The number of pyridine rings is 2. The van der Waals surface area contributed by atoms with Crippen molar-refractivity contribution < 1.29 is 14.3 Å². The van der Waals surface area contributed by atoms with Gasteiger partial charge in [-0.2, -0.15) is 5.10 Å². The van der Waals surface area contributed by atoms with Gasteiger partial charge in [0.15, 0.2) is 5.82 Å². The number of rotatable bonds is 5. The first kappa shape index (κ1) is 23.7. The summed E-state index contributed by atoms with van der Waals surface area (Å²) >= 11 is 0. The highest BCUT2D eigenvalue weighted by Gasteiger charge is 2.26. The Hall–Kier alpha value is -4.05. The molecule has 0 fully saturated rings. The number of amides is 1. The van der Waals surface area contributed by atoms with Gasteiger partial charge >= 0.3 is 0 Å². The molecule has 1 aromatic carbocycles. The third kappa shape index (κ3) is 4.72. The Morgan fingerprint density at radius 1 is 1.11 bits per heavy atom. The SMILES string of the molecule is Cc1c(N)cncc1-c1cc2cc(Nc3cc4n(n3)CC(=O)N(CC(C)(C)O)CC4)ncc2cc1F. The maximum absolute atomic E-state index is 14.9. The average Bonchev–Trinajstić information content (AvgIpc) is 3.12. The maximum Gasteiger partial charge on any atom is 0.244 e. The number of halogens is 1. The fourth-order valence-corrected chi connectivity index (χ4v) is 4.48. The number of carbonyl (C=O) groups is 1. The van der Waals surface area contributed by atoms with Crippen LogP contribution < -0.4 is 11.1 Å². The molecule has 1 aliphatic rings. The Labute approximate surface area is 207 Å². The van der Waals surface area contributed by atoms with E-state index in [1.165, 1.54) is 6.07 Å². The first-order chi connectivity index (χ1) is 17.1. The number of aliphatic hydroxyl groups is 1. The average molecular weight is 490 g/mol. The lowest BCUT2D eigenvalue weighted by atomic mass is 9.99. The molecule has 4 N–H and O–H groups in total. The highest BCUT2D eigenvalue weighted by Crippen LogP contribution is 2.32. The zero-order chi connectivity index (χ0) is 25.6. The Bertz CT molecular complexity index is 1480. The van der Waals surface area contributed by atoms with Crippen molar-refractivity contribution in [1.82, 2.24) is 24.6 Å². The first-order valence-electron chi connectivity index (χ1n) is 11.7. The number of nitrogens with zero attached hydrogens (tertiary/aromatic N) is 5. The molecule has 0 bridgehead atoms. The quantitative estimate of drug-likeness (QED) is 0.393. The summed E-state index contributed by atoms with van der Waals surface area (Å²) in [6.45, 7) is 6.10. The van der Waals surface area contributed by atoms with Crippen LogP contribution in [0, 0.1) is 12.7 Å². The second-order valence-corrected chi connectivity index (χ2v) is 9.83. The second-order valence-electron chi connectivity index (χ2n) is 9.83. The van der Waals surface area contributed by atoms with Gasteiger partial charge in [0.05, 0.1) is 17.5 Å². The van der Waals surface area contributed by atoms with Gasteiger partial charge in [-0.15, -0.1) is 0 Å². The molecule has 0 spiro atoms. The van der Waals surface area contributed by atoms with E-state index in [2.05, 4.69) is 20.4 Å². The van der Waals surface area contributed by atoms with Crippen molar-refractivity contribution >= 4 is 34.0 Å². The van der Waals surface area contributed by atoms with E-state index >= 15 is 0 Å². The van der Waals surface area contributed by atoms with Crippen LogP contribution >= 0.6 is 0 Å². The number of anilines is 3. The fraction of sp³-hybridized carbons (Fsp3) is 0.308. The van der Waals surface area contributed by atoms with Crippen LogP contribution in [-0.4, -0.2) is 54.4 Å². The van der Waals surface area contributed by atoms with E-state index in [-0.39, 0.29) is 24.8 Å². The highest BCUT2D eigenvalue weighted by molar-refractivity contribution is 5.90. The van der Waals surface area contributed by atoms with Gasteiger partial charge < -0.3 is 21.1 Å². The Balaban J connectivity index is 1.40. The van der Waals surface area contributed by atoms with Crippen LogP contribution in [0.3, 0.4) is 0 Å². The van der Waals surface area contributed by atoms with E-state index in [0.29, 0.717) is 46.8 Å². The van der Waals surface area contributed by atoms with Crippen LogP contribution in [0.15, 0.2) is 42.9 Å². The molecule has 1 amide bonds. The van der Waals surface area contributed by atoms with Gasteiger partial charge in [-0.25, -0.2) is 9.37 Å². The third-order valence-electron chi connectivity index (χ3n) is 6.32. The third-order valence-corrected chi connectivity index (χ3v) is 6.32. The molecule has 0 saturated carbocycles. The van der Waals surface area contributed by atoms with Gasteiger partial charge in [0.25, 0.3) is 0 Å². The lowest BCUT2D eigenvalue weighted by molar-refractivity contribution is -0.134. The minimum absolute atomic E-state index is 0.0877. The van der Waals surface area contributed by atoms with Crippen molar-refractivity contribution in [1.29, 1.82) is 0 Å². The number of hydrogen-bond acceptors (Lipinski definition) is 7. The number of benzene rings is 1. The minimum atomic E-state index is -0.957. The van der Waals surface area contributed by atoms with E-state index < -0.39 is 5.60 Å². The molecule has 10 heteroatoms. The lowest BCUT2D eigenvalue weighted by Gasteiger charge is -2.27. The molecule has 9 nitrogen and oxygen atoms in total. The number of nitrogens with one attached hydrogen (secondary N) is 1. The largest absolute Gasteiger partial charge is 0.397 e. The van der Waals surface area contributed by atoms with E-state index in [9.17, 15) is 14.3 Å². The first-order valence-corrected chi connectivity index (χ1v) is 11.7. The smallest absolute Gasteiger partial charge is 0.244 e. The summed E-state index contributed by atoms with van der Waals surface area (Å²) in [6, 6.07) is 6.94. The van der Waals surface area contributed by atoms with Crippen molar-refractivity contribution in [3.8, 4) is 11.1 Å². The van der Waals surface area contributed by atoms with Crippen molar-refractivity contribution in [2.75, 3.05) is 24.1 Å². The maximum atomic E-state index is 14.9. The molecule has 1 aliphatic heterocycles. The molecule has 3 aromatic heterocycles. The van der Waals surface area contributed by atoms with Crippen LogP contribution in [0.2, 0.25) is 0 Å². The Morgan fingerprint density at radius 2 is 1.92 bits per heavy atom. The predicted molar refractivity (Wildman–Crippen MR) is 136 cm³/mol. The summed E-state index contributed by atoms with van der Waals surface area (Å²) in [5.41, 5.74) is 8.27. The number of aromatic nitrogens is 4. The normalized spacial score (nSPS) is 14.1. The number of β-amino-alcohol motifs (C(OH)–C–C–N with tert-alkyl or cyclic N) is 1. The molecule has 0 aliphatic carbocycles. The highest BCUT2D eigenvalue weighted by atomic mass is 19.1. The van der Waals surface area contributed by atoms with E-state index in [1.807, 2.05) is 19.1 Å². The molecule has 186 valence electrons. The predicted octanol–water partition coefficient (Wildman–Crippen LogP) is 3.42. The summed E-state index contributed by atoms with van der Waals surface area (Å²) in [5, 5.41) is 19.3. The van der Waals surface area contributed by atoms with Crippen LogP contribution in [0.25, 0.3) is 21.9 Å². The summed E-state index contributed by atoms with van der Waals surface area (Å²) in [4.78, 5) is 22.9. The second kappa shape index (κ2) is 8.87. The van der Waals surface area contributed by atoms with Gasteiger partial charge in [0.1, 0.15) is 18.2 Å². The standard InChI is InChI=1S/C26H28FN7O2/c1-15-20(11-29-12-22(15)28)19-6-16-8-23(30-10-17(16)7-21(19)27)31-24-9-18-4-5-33(14-26(2,3)36)25(35)13-34(18)32-24/h6-12,36H,4-5,13-14,28H2,1-3H3,(H,30,31,32). The van der Waals surface area contributed by atoms with Gasteiger partial charge in [0.2, 0.25) is 5.91 Å². The van der Waals surface area contributed by atoms with Crippen molar-refractivity contribution in [2.24, 2.45) is 0 Å². The van der Waals surface area contributed by atoms with Gasteiger partial charge in [-0.05, 0) is 49.9 Å². The molecule has 36 heavy (non-hydrogen) atoms. The molecular weight excluding hydrogens is 461 g/mol. The van der Waals surface area contributed by atoms with Crippen molar-refractivity contribution in [3.63, 3.8) is 0 Å². The molecule has 0 radical (unpaired) electrons. The van der Waals surface area contributed by atoms with Crippen LogP contribution in [0.1, 0.15) is 25.1 Å². The summed E-state index contributed by atoms with van der Waals surface area (Å²) in [6.07, 6.45) is 5.39. The number of nitrogen functional groups attached to an aromatic ring is 1.